The van der Waals surface area contributed by atoms with E-state index in [2.05, 4.69) is 63.2 Å². The van der Waals surface area contributed by atoms with Crippen LogP contribution in [0.15, 0.2) is 53.5 Å². The average Bonchev–Trinajstić information content (AvgIpc) is 2.87. The van der Waals surface area contributed by atoms with E-state index in [1.807, 2.05) is 6.07 Å². The average molecular weight is 279 g/mol. The summed E-state index contributed by atoms with van der Waals surface area (Å²) in [5, 5.41) is 0. The molecule has 1 aliphatic heterocycles. The van der Waals surface area contributed by atoms with Crippen LogP contribution < -0.4 is 0 Å². The fraction of sp³-hybridized carbons (Fsp3) is 0.316. The van der Waals surface area contributed by atoms with Crippen LogP contribution in [0.1, 0.15) is 31.9 Å². The van der Waals surface area contributed by atoms with Gasteiger partial charge in [-0.3, -0.25) is 0 Å². The fourth-order valence-corrected chi connectivity index (χ4v) is 2.72. The summed E-state index contributed by atoms with van der Waals surface area (Å²) < 4.78 is 5.84. The Morgan fingerprint density at radius 3 is 2.19 bits per heavy atom. The summed E-state index contributed by atoms with van der Waals surface area (Å²) in [6, 6.07) is 16.9. The number of benzene rings is 2. The summed E-state index contributed by atoms with van der Waals surface area (Å²) in [4.78, 5) is 4.73. The third kappa shape index (κ3) is 2.71. The maximum Gasteiger partial charge on any atom is 0.217 e. The zero-order chi connectivity index (χ0) is 14.9. The van der Waals surface area contributed by atoms with E-state index >= 15 is 0 Å². The molecule has 0 radical (unpaired) electrons. The van der Waals surface area contributed by atoms with Gasteiger partial charge < -0.3 is 4.74 Å². The Balaban J connectivity index is 2.13. The third-order valence-corrected chi connectivity index (χ3v) is 3.81. The number of hydrogen-bond donors (Lipinski definition) is 0. The lowest BCUT2D eigenvalue weighted by Gasteiger charge is -2.12. The molecule has 3 rings (SSSR count). The van der Waals surface area contributed by atoms with Gasteiger partial charge in [0.2, 0.25) is 5.90 Å². The highest BCUT2D eigenvalue weighted by molar-refractivity contribution is 6.02. The molecule has 1 aliphatic rings. The van der Waals surface area contributed by atoms with Crippen molar-refractivity contribution in [1.29, 1.82) is 0 Å². The fourth-order valence-electron chi connectivity index (χ4n) is 2.72. The summed E-state index contributed by atoms with van der Waals surface area (Å²) in [6.45, 7) is 7.03. The summed E-state index contributed by atoms with van der Waals surface area (Å²) in [5.41, 5.74) is 4.77. The lowest BCUT2D eigenvalue weighted by molar-refractivity contribution is 0.279. The summed E-state index contributed by atoms with van der Waals surface area (Å²) in [7, 11) is 0. The van der Waals surface area contributed by atoms with Gasteiger partial charge in [0.05, 0.1) is 5.54 Å². The van der Waals surface area contributed by atoms with Crippen molar-refractivity contribution >= 4 is 5.90 Å². The predicted octanol–water partition coefficient (Wildman–Crippen LogP) is 4.47. The van der Waals surface area contributed by atoms with Gasteiger partial charge >= 0.3 is 0 Å². The van der Waals surface area contributed by atoms with E-state index in [9.17, 15) is 0 Å². The number of ether oxygens (including phenoxy) is 1. The van der Waals surface area contributed by atoms with Gasteiger partial charge in [-0.15, -0.1) is 0 Å². The van der Waals surface area contributed by atoms with Gasteiger partial charge in [-0.2, -0.15) is 0 Å². The van der Waals surface area contributed by atoms with Gasteiger partial charge in [-0.1, -0.05) is 49.4 Å². The van der Waals surface area contributed by atoms with E-state index in [1.165, 1.54) is 16.7 Å². The highest BCUT2D eigenvalue weighted by Gasteiger charge is 2.28. The first-order valence-corrected chi connectivity index (χ1v) is 7.51. The van der Waals surface area contributed by atoms with Crippen LogP contribution in [-0.4, -0.2) is 18.0 Å². The van der Waals surface area contributed by atoms with Gasteiger partial charge in [0.15, 0.2) is 0 Å². The van der Waals surface area contributed by atoms with Crippen molar-refractivity contribution in [2.45, 2.75) is 32.7 Å². The van der Waals surface area contributed by atoms with Gasteiger partial charge in [-0.05, 0) is 43.0 Å². The first-order chi connectivity index (χ1) is 10.1. The molecule has 21 heavy (non-hydrogen) atoms. The highest BCUT2D eigenvalue weighted by Crippen LogP contribution is 2.30. The molecule has 0 N–H and O–H groups in total. The van der Waals surface area contributed by atoms with E-state index in [1.54, 1.807) is 0 Å². The first-order valence-electron chi connectivity index (χ1n) is 7.51. The molecule has 0 unspecified atom stereocenters. The monoisotopic (exact) mass is 279 g/mol. The molecule has 0 saturated carbocycles. The zero-order valence-corrected chi connectivity index (χ0v) is 12.9. The summed E-state index contributed by atoms with van der Waals surface area (Å²) in [5.74, 6) is 0.765. The molecule has 0 aliphatic carbocycles. The Morgan fingerprint density at radius 1 is 0.952 bits per heavy atom. The van der Waals surface area contributed by atoms with Crippen LogP contribution in [0.2, 0.25) is 0 Å². The maximum absolute atomic E-state index is 5.84. The molecule has 108 valence electrons. The smallest absolute Gasteiger partial charge is 0.217 e. The second-order valence-electron chi connectivity index (χ2n) is 6.07. The molecule has 0 fully saturated rings. The molecule has 2 heteroatoms. The predicted molar refractivity (Wildman–Crippen MR) is 87.8 cm³/mol. The quantitative estimate of drug-likeness (QED) is 0.812. The molecule has 0 amide bonds. The molecule has 1 heterocycles. The van der Waals surface area contributed by atoms with E-state index in [0.29, 0.717) is 6.61 Å². The zero-order valence-electron chi connectivity index (χ0n) is 12.9. The van der Waals surface area contributed by atoms with Crippen LogP contribution in [0, 0.1) is 0 Å². The van der Waals surface area contributed by atoms with Crippen LogP contribution in [0.3, 0.4) is 0 Å². The molecular formula is C19H21NO. The van der Waals surface area contributed by atoms with E-state index in [4.69, 9.17) is 9.73 Å². The Labute approximate surface area is 126 Å². The number of nitrogens with zero attached hydrogens (tertiary/aromatic N) is 1. The van der Waals surface area contributed by atoms with Crippen LogP contribution in [0.5, 0.6) is 0 Å². The van der Waals surface area contributed by atoms with Crippen LogP contribution >= 0.6 is 0 Å². The second kappa shape index (κ2) is 5.36. The standard InChI is InChI=1S/C19H21NO/c1-4-14-9-5-6-10-15(14)16-11-7-8-12-17(16)18-20-19(2,3)13-21-18/h5-12H,4,13H2,1-3H3. The molecule has 0 atom stereocenters. The number of aryl methyl sites for hydroxylation is 1. The van der Waals surface area contributed by atoms with Crippen molar-refractivity contribution in [1.82, 2.24) is 0 Å². The van der Waals surface area contributed by atoms with Crippen molar-refractivity contribution in [3.05, 3.63) is 59.7 Å². The molecule has 0 saturated heterocycles. The van der Waals surface area contributed by atoms with Crippen molar-refractivity contribution in [2.24, 2.45) is 4.99 Å². The Kier molecular flexibility index (Phi) is 3.54. The lowest BCUT2D eigenvalue weighted by atomic mass is 9.94. The van der Waals surface area contributed by atoms with Crippen molar-refractivity contribution in [3.8, 4) is 11.1 Å². The Bertz CT molecular complexity index is 685. The number of rotatable bonds is 3. The van der Waals surface area contributed by atoms with Crippen LogP contribution in [0.25, 0.3) is 11.1 Å². The number of aliphatic imine (C=N–C) groups is 1. The maximum atomic E-state index is 5.84. The van der Waals surface area contributed by atoms with Crippen molar-refractivity contribution in [2.75, 3.05) is 6.61 Å². The summed E-state index contributed by atoms with van der Waals surface area (Å²) >= 11 is 0. The lowest BCUT2D eigenvalue weighted by Crippen LogP contribution is -2.17. The van der Waals surface area contributed by atoms with Gasteiger partial charge in [0.1, 0.15) is 6.61 Å². The van der Waals surface area contributed by atoms with E-state index in [0.717, 1.165) is 17.9 Å². The molecule has 2 aromatic carbocycles. The minimum absolute atomic E-state index is 0.132. The topological polar surface area (TPSA) is 21.6 Å². The second-order valence-corrected chi connectivity index (χ2v) is 6.07. The minimum Gasteiger partial charge on any atom is -0.475 e. The SMILES string of the molecule is CCc1ccccc1-c1ccccc1C1=NC(C)(C)CO1. The van der Waals surface area contributed by atoms with Crippen LogP contribution in [-0.2, 0) is 11.2 Å². The Morgan fingerprint density at radius 2 is 1.57 bits per heavy atom. The normalized spacial score (nSPS) is 16.4. The number of hydrogen-bond acceptors (Lipinski definition) is 2. The van der Waals surface area contributed by atoms with E-state index in [-0.39, 0.29) is 5.54 Å². The molecule has 2 nitrogen and oxygen atoms in total. The van der Waals surface area contributed by atoms with E-state index < -0.39 is 0 Å². The summed E-state index contributed by atoms with van der Waals surface area (Å²) in [6.07, 6.45) is 1.02. The van der Waals surface area contributed by atoms with Crippen molar-refractivity contribution < 1.29 is 4.74 Å². The largest absolute Gasteiger partial charge is 0.475 e. The molecule has 2 aromatic rings. The molecule has 0 aromatic heterocycles. The van der Waals surface area contributed by atoms with Crippen LogP contribution in [0.4, 0.5) is 0 Å². The molecule has 0 spiro atoms. The third-order valence-electron chi connectivity index (χ3n) is 3.81. The Hall–Kier alpha value is -2.09. The molecule has 0 bridgehead atoms. The van der Waals surface area contributed by atoms with Gasteiger partial charge in [0, 0.05) is 5.56 Å². The van der Waals surface area contributed by atoms with Gasteiger partial charge in [-0.25, -0.2) is 4.99 Å². The van der Waals surface area contributed by atoms with Crippen molar-refractivity contribution in [3.63, 3.8) is 0 Å². The first kappa shape index (κ1) is 13.9. The van der Waals surface area contributed by atoms with Gasteiger partial charge in [0.25, 0.3) is 0 Å². The highest BCUT2D eigenvalue weighted by atomic mass is 16.5. The minimum atomic E-state index is -0.132. The molecular weight excluding hydrogens is 258 g/mol.